The number of ether oxygens (including phenoxy) is 1. The molecule has 1 aliphatic heterocycles. The monoisotopic (exact) mass is 384 g/mol. The van der Waals surface area contributed by atoms with Crippen LogP contribution in [0.2, 0.25) is 10.0 Å². The molecule has 0 aromatic heterocycles. The summed E-state index contributed by atoms with van der Waals surface area (Å²) < 4.78 is 4.85. The summed E-state index contributed by atoms with van der Waals surface area (Å²) in [6, 6.07) is 5.08. The molecular formula is C17H18Cl2N2O4. The Morgan fingerprint density at radius 1 is 1.20 bits per heavy atom. The Kier molecular flexibility index (Phi) is 6.84. The zero-order chi connectivity index (χ0) is 18.4. The lowest BCUT2D eigenvalue weighted by atomic mass is 10.2. The Hall–Kier alpha value is -2.05. The highest BCUT2D eigenvalue weighted by Gasteiger charge is 2.23. The summed E-state index contributed by atoms with van der Waals surface area (Å²) in [5.41, 5.74) is 0.755. The average molecular weight is 385 g/mol. The largest absolute Gasteiger partial charge is 0.444 e. The summed E-state index contributed by atoms with van der Waals surface area (Å²) in [7, 11) is 0. The van der Waals surface area contributed by atoms with E-state index in [1.54, 1.807) is 29.2 Å². The summed E-state index contributed by atoms with van der Waals surface area (Å²) >= 11 is 11.8. The molecule has 8 heteroatoms. The molecule has 1 aliphatic rings. The van der Waals surface area contributed by atoms with Crippen LogP contribution in [0.25, 0.3) is 6.08 Å². The number of carbonyl (C=O) groups is 3. The maximum Gasteiger partial charge on any atom is 0.304 e. The minimum absolute atomic E-state index is 0.0880. The molecule has 25 heavy (non-hydrogen) atoms. The number of esters is 1. The van der Waals surface area contributed by atoms with E-state index in [1.165, 1.54) is 17.9 Å². The number of halogens is 2. The zero-order valence-corrected chi connectivity index (χ0v) is 15.2. The van der Waals surface area contributed by atoms with Crippen LogP contribution in [0.3, 0.4) is 0 Å². The molecule has 1 saturated heterocycles. The van der Waals surface area contributed by atoms with Crippen LogP contribution in [-0.4, -0.2) is 53.9 Å². The Balaban J connectivity index is 1.95. The average Bonchev–Trinajstić information content (AvgIpc) is 2.75. The number of carbonyl (C=O) groups excluding carboxylic acids is 3. The molecule has 2 amide bonds. The molecule has 0 unspecified atom stereocenters. The lowest BCUT2D eigenvalue weighted by molar-refractivity contribution is -0.150. The first-order chi connectivity index (χ1) is 11.9. The fourth-order valence-corrected chi connectivity index (χ4v) is 2.59. The molecule has 0 radical (unpaired) electrons. The van der Waals surface area contributed by atoms with Gasteiger partial charge in [0, 0.05) is 39.1 Å². The number of hydrogen-bond acceptors (Lipinski definition) is 4. The third-order valence-electron chi connectivity index (χ3n) is 3.69. The topological polar surface area (TPSA) is 66.9 Å². The quantitative estimate of drug-likeness (QED) is 0.590. The first-order valence-electron chi connectivity index (χ1n) is 7.70. The Morgan fingerprint density at radius 2 is 1.96 bits per heavy atom. The van der Waals surface area contributed by atoms with E-state index in [-0.39, 0.29) is 25.0 Å². The molecular weight excluding hydrogens is 367 g/mol. The van der Waals surface area contributed by atoms with Crippen LogP contribution in [-0.2, 0) is 19.1 Å². The van der Waals surface area contributed by atoms with E-state index in [1.807, 2.05) is 0 Å². The van der Waals surface area contributed by atoms with Crippen LogP contribution in [0, 0.1) is 0 Å². The zero-order valence-electron chi connectivity index (χ0n) is 13.7. The first-order valence-corrected chi connectivity index (χ1v) is 8.45. The second kappa shape index (κ2) is 8.87. The molecule has 0 spiro atoms. The summed E-state index contributed by atoms with van der Waals surface area (Å²) in [4.78, 5) is 38.2. The van der Waals surface area contributed by atoms with Gasteiger partial charge in [0.25, 0.3) is 0 Å². The molecule has 1 aromatic carbocycles. The van der Waals surface area contributed by atoms with Crippen LogP contribution in [0.4, 0.5) is 0 Å². The molecule has 0 aliphatic carbocycles. The van der Waals surface area contributed by atoms with Gasteiger partial charge in [-0.1, -0.05) is 29.3 Å². The van der Waals surface area contributed by atoms with Crippen LogP contribution in [0.5, 0.6) is 0 Å². The smallest absolute Gasteiger partial charge is 0.304 e. The Bertz CT molecular complexity index is 706. The van der Waals surface area contributed by atoms with E-state index in [4.69, 9.17) is 27.9 Å². The highest BCUT2D eigenvalue weighted by molar-refractivity contribution is 6.42. The van der Waals surface area contributed by atoms with Gasteiger partial charge in [-0.05, 0) is 23.8 Å². The van der Waals surface area contributed by atoms with Crippen molar-refractivity contribution in [1.82, 2.24) is 9.80 Å². The van der Waals surface area contributed by atoms with Gasteiger partial charge in [0.05, 0.1) is 10.0 Å². The predicted octanol–water partition coefficient (Wildman–Crippen LogP) is 2.59. The minimum Gasteiger partial charge on any atom is -0.444 e. The number of amides is 2. The lowest BCUT2D eigenvalue weighted by Crippen LogP contribution is -2.36. The minimum atomic E-state index is -0.450. The van der Waals surface area contributed by atoms with Crippen molar-refractivity contribution in [2.45, 2.75) is 13.3 Å². The fourth-order valence-electron chi connectivity index (χ4n) is 2.28. The highest BCUT2D eigenvalue weighted by atomic mass is 35.5. The van der Waals surface area contributed by atoms with E-state index in [2.05, 4.69) is 0 Å². The first kappa shape index (κ1) is 19.3. The van der Waals surface area contributed by atoms with Crippen molar-refractivity contribution in [1.29, 1.82) is 0 Å². The van der Waals surface area contributed by atoms with Crippen molar-refractivity contribution in [3.8, 4) is 0 Å². The molecule has 0 bridgehead atoms. The van der Waals surface area contributed by atoms with Crippen LogP contribution in [0.15, 0.2) is 24.3 Å². The van der Waals surface area contributed by atoms with E-state index >= 15 is 0 Å². The van der Waals surface area contributed by atoms with E-state index in [0.29, 0.717) is 29.7 Å². The van der Waals surface area contributed by atoms with Gasteiger partial charge in [0.1, 0.15) is 0 Å². The second-order valence-corrected chi connectivity index (χ2v) is 6.32. The number of rotatable bonds is 4. The third-order valence-corrected chi connectivity index (χ3v) is 4.42. The van der Waals surface area contributed by atoms with Gasteiger partial charge < -0.3 is 14.5 Å². The number of hydrogen-bond donors (Lipinski definition) is 0. The summed E-state index contributed by atoms with van der Waals surface area (Å²) in [5.74, 6) is -0.798. The Morgan fingerprint density at radius 3 is 2.64 bits per heavy atom. The molecule has 1 heterocycles. The molecule has 134 valence electrons. The van der Waals surface area contributed by atoms with Gasteiger partial charge >= 0.3 is 5.97 Å². The molecule has 0 saturated carbocycles. The lowest BCUT2D eigenvalue weighted by Gasteiger charge is -2.20. The van der Waals surface area contributed by atoms with E-state index in [0.717, 1.165) is 5.56 Å². The normalized spacial score (nSPS) is 15.4. The van der Waals surface area contributed by atoms with Gasteiger partial charge in [-0.2, -0.15) is 0 Å². The van der Waals surface area contributed by atoms with Crippen molar-refractivity contribution in [2.24, 2.45) is 0 Å². The predicted molar refractivity (Wildman–Crippen MR) is 95.0 cm³/mol. The summed E-state index contributed by atoms with van der Waals surface area (Å²) in [6.07, 6.45) is 3.27. The molecule has 6 nitrogen and oxygen atoms in total. The van der Waals surface area contributed by atoms with E-state index < -0.39 is 5.97 Å². The maximum absolute atomic E-state index is 12.3. The third kappa shape index (κ3) is 5.76. The van der Waals surface area contributed by atoms with Gasteiger partial charge in [-0.15, -0.1) is 0 Å². The van der Waals surface area contributed by atoms with E-state index in [9.17, 15) is 14.4 Å². The summed E-state index contributed by atoms with van der Waals surface area (Å²) in [5, 5.41) is 0.863. The molecule has 1 fully saturated rings. The molecule has 1 aromatic rings. The number of nitrogens with zero attached hydrogens (tertiary/aromatic N) is 2. The van der Waals surface area contributed by atoms with Gasteiger partial charge in [0.15, 0.2) is 6.73 Å². The SMILES string of the molecule is CC(=O)OCN1CCN(C(=O)/C=C/c2ccc(Cl)c(Cl)c2)CCC1=O. The van der Waals surface area contributed by atoms with Crippen molar-refractivity contribution in [2.75, 3.05) is 26.4 Å². The van der Waals surface area contributed by atoms with Crippen molar-refractivity contribution in [3.05, 3.63) is 39.9 Å². The molecule has 0 atom stereocenters. The molecule has 0 N–H and O–H groups in total. The van der Waals surface area contributed by atoms with Crippen molar-refractivity contribution < 1.29 is 19.1 Å². The second-order valence-electron chi connectivity index (χ2n) is 5.50. The Labute approximate surface area is 155 Å². The van der Waals surface area contributed by atoms with Gasteiger partial charge in [-0.25, -0.2) is 0 Å². The van der Waals surface area contributed by atoms with Gasteiger partial charge in [0.2, 0.25) is 11.8 Å². The van der Waals surface area contributed by atoms with Crippen LogP contribution >= 0.6 is 23.2 Å². The standard InChI is InChI=1S/C17H18Cl2N2O4/c1-12(22)25-11-21-9-8-20(7-6-17(21)24)16(23)5-3-13-2-4-14(18)15(19)10-13/h2-5,10H,6-9,11H2,1H3/b5-3+. The van der Waals surface area contributed by atoms with Gasteiger partial charge in [-0.3, -0.25) is 14.4 Å². The maximum atomic E-state index is 12.3. The summed E-state index contributed by atoms with van der Waals surface area (Å²) in [6.45, 7) is 2.21. The van der Waals surface area contributed by atoms with Crippen molar-refractivity contribution in [3.63, 3.8) is 0 Å². The van der Waals surface area contributed by atoms with Crippen molar-refractivity contribution >= 4 is 47.1 Å². The fraction of sp³-hybridized carbons (Fsp3) is 0.353. The van der Waals surface area contributed by atoms with Crippen LogP contribution in [0.1, 0.15) is 18.9 Å². The van der Waals surface area contributed by atoms with Crippen LogP contribution < -0.4 is 0 Å². The highest BCUT2D eigenvalue weighted by Crippen LogP contribution is 2.23. The molecule has 2 rings (SSSR count). The number of benzene rings is 1.